The number of hydrogen-bond donors (Lipinski definition) is 2. The molecule has 3 aromatic rings. The predicted molar refractivity (Wildman–Crippen MR) is 101 cm³/mol. The number of halogens is 1. The van der Waals surface area contributed by atoms with Crippen molar-refractivity contribution in [3.05, 3.63) is 56.1 Å². The number of non-ortho nitro benzene ring substituents is 1. The fourth-order valence-electron chi connectivity index (χ4n) is 2.18. The van der Waals surface area contributed by atoms with E-state index >= 15 is 0 Å². The molecule has 10 heteroatoms. The van der Waals surface area contributed by atoms with E-state index < -0.39 is 10.8 Å². The van der Waals surface area contributed by atoms with E-state index in [-0.39, 0.29) is 23.9 Å². The number of nitrogens with zero attached hydrogens (tertiary/aromatic N) is 3. The number of fused-ring (bicyclic) bond motifs is 1. The van der Waals surface area contributed by atoms with Crippen molar-refractivity contribution < 1.29 is 19.6 Å². The number of carbonyl (C=O) groups is 1. The third kappa shape index (κ3) is 3.96. The zero-order chi connectivity index (χ0) is 18.7. The lowest BCUT2D eigenvalue weighted by atomic mass is 10.2. The average molecular weight is 466 g/mol. The Hall–Kier alpha value is -3.02. The Morgan fingerprint density at radius 1 is 1.27 bits per heavy atom. The summed E-state index contributed by atoms with van der Waals surface area (Å²) in [7, 11) is 0. The van der Waals surface area contributed by atoms with Gasteiger partial charge in [-0.15, -0.1) is 10.2 Å². The summed E-state index contributed by atoms with van der Waals surface area (Å²) in [5.74, 6) is -0.554. The highest BCUT2D eigenvalue weighted by Gasteiger charge is 2.12. The number of nitro benzene ring substituents is 1. The van der Waals surface area contributed by atoms with Gasteiger partial charge in [-0.3, -0.25) is 14.9 Å². The topological polar surface area (TPSA) is 130 Å². The zero-order valence-corrected chi connectivity index (χ0v) is 15.2. The Morgan fingerprint density at radius 3 is 2.69 bits per heavy atom. The lowest BCUT2D eigenvalue weighted by Gasteiger charge is -2.02. The molecule has 0 radical (unpaired) electrons. The Morgan fingerprint density at radius 2 is 2.00 bits per heavy atom. The number of rotatable bonds is 5. The van der Waals surface area contributed by atoms with Crippen molar-refractivity contribution in [3.63, 3.8) is 0 Å². The van der Waals surface area contributed by atoms with Gasteiger partial charge in [0.05, 0.1) is 10.4 Å². The number of aromatic hydroxyl groups is 1. The van der Waals surface area contributed by atoms with Crippen molar-refractivity contribution in [1.29, 1.82) is 0 Å². The van der Waals surface area contributed by atoms with E-state index in [4.69, 9.17) is 4.74 Å². The molecule has 0 spiro atoms. The van der Waals surface area contributed by atoms with Crippen molar-refractivity contribution in [2.75, 3.05) is 6.61 Å². The van der Waals surface area contributed by atoms with E-state index in [9.17, 15) is 20.0 Å². The molecule has 1 amide bonds. The van der Waals surface area contributed by atoms with Gasteiger partial charge in [-0.2, -0.15) is 0 Å². The number of amides is 1. The molecule has 0 aliphatic rings. The van der Waals surface area contributed by atoms with Crippen LogP contribution in [-0.2, 0) is 4.79 Å². The minimum absolute atomic E-state index is 0.0761. The molecule has 0 saturated carbocycles. The molecular formula is C16H11IN4O5. The first kappa shape index (κ1) is 17.8. The Bertz CT molecular complexity index is 1010. The van der Waals surface area contributed by atoms with Crippen LogP contribution in [0, 0.1) is 13.7 Å². The number of ether oxygens (including phenoxy) is 1. The van der Waals surface area contributed by atoms with Gasteiger partial charge in [-0.1, -0.05) is 0 Å². The quantitative estimate of drug-likeness (QED) is 0.253. The van der Waals surface area contributed by atoms with E-state index in [1.54, 1.807) is 12.1 Å². The largest absolute Gasteiger partial charge is 0.493 e. The predicted octanol–water partition coefficient (Wildman–Crippen LogP) is 4.08. The Balaban J connectivity index is 1.67. The molecule has 9 nitrogen and oxygen atoms in total. The number of aromatic nitrogens is 1. The number of nitro groups is 1. The first-order valence-electron chi connectivity index (χ1n) is 7.26. The maximum absolute atomic E-state index is 11.8. The number of hydrogen-bond acceptors (Lipinski definition) is 6. The van der Waals surface area contributed by atoms with Crippen LogP contribution in [-0.4, -0.2) is 27.5 Å². The van der Waals surface area contributed by atoms with Gasteiger partial charge in [-0.25, -0.2) is 0 Å². The molecule has 0 atom stereocenters. The van der Waals surface area contributed by atoms with Crippen LogP contribution in [0.2, 0.25) is 0 Å². The van der Waals surface area contributed by atoms with Crippen LogP contribution in [0.5, 0.6) is 11.6 Å². The second-order valence-electron chi connectivity index (χ2n) is 5.15. The lowest BCUT2D eigenvalue weighted by molar-refractivity contribution is -0.384. The molecule has 0 bridgehead atoms. The minimum Gasteiger partial charge on any atom is -0.493 e. The SMILES string of the molecule is O=C(COc1ccc([N+](=O)[O-])cc1)N=Nc1c(O)[nH]c2ccc(I)cc12. The molecule has 0 fully saturated rings. The lowest BCUT2D eigenvalue weighted by Crippen LogP contribution is -2.07. The molecule has 1 aromatic heterocycles. The first-order chi connectivity index (χ1) is 12.4. The van der Waals surface area contributed by atoms with Crippen molar-refractivity contribution in [2.45, 2.75) is 0 Å². The number of carbonyl (C=O) groups excluding carboxylic acids is 1. The van der Waals surface area contributed by atoms with Gasteiger partial charge < -0.3 is 14.8 Å². The molecule has 0 aliphatic carbocycles. The molecule has 1 heterocycles. The fraction of sp³-hybridized carbons (Fsp3) is 0.0625. The maximum Gasteiger partial charge on any atom is 0.302 e. The van der Waals surface area contributed by atoms with E-state index in [1.165, 1.54) is 24.3 Å². The minimum atomic E-state index is -0.664. The Kier molecular flexibility index (Phi) is 5.11. The summed E-state index contributed by atoms with van der Waals surface area (Å²) in [4.78, 5) is 24.6. The van der Waals surface area contributed by atoms with Crippen LogP contribution in [0.15, 0.2) is 52.7 Å². The number of nitrogens with one attached hydrogen (secondary N) is 1. The summed E-state index contributed by atoms with van der Waals surface area (Å²) in [6.07, 6.45) is 0. The fourth-order valence-corrected chi connectivity index (χ4v) is 2.67. The zero-order valence-electron chi connectivity index (χ0n) is 13.0. The molecular weight excluding hydrogens is 455 g/mol. The number of benzene rings is 2. The highest BCUT2D eigenvalue weighted by molar-refractivity contribution is 14.1. The van der Waals surface area contributed by atoms with E-state index in [0.29, 0.717) is 16.7 Å². The van der Waals surface area contributed by atoms with Gasteiger partial charge in [0.15, 0.2) is 12.3 Å². The molecule has 0 saturated heterocycles. The summed E-state index contributed by atoms with van der Waals surface area (Å²) < 4.78 is 6.15. The van der Waals surface area contributed by atoms with Crippen LogP contribution in [0.4, 0.5) is 11.4 Å². The second-order valence-corrected chi connectivity index (χ2v) is 6.39. The first-order valence-corrected chi connectivity index (χ1v) is 8.34. The molecule has 2 N–H and O–H groups in total. The molecule has 2 aromatic carbocycles. The number of azo groups is 1. The normalized spacial score (nSPS) is 11.1. The van der Waals surface area contributed by atoms with Crippen LogP contribution >= 0.6 is 22.6 Å². The van der Waals surface area contributed by atoms with Crippen molar-refractivity contribution in [1.82, 2.24) is 4.98 Å². The monoisotopic (exact) mass is 466 g/mol. The third-order valence-corrected chi connectivity index (χ3v) is 4.06. The Labute approximate surface area is 160 Å². The van der Waals surface area contributed by atoms with Crippen LogP contribution in [0.3, 0.4) is 0 Å². The third-order valence-electron chi connectivity index (χ3n) is 3.39. The van der Waals surface area contributed by atoms with E-state index in [0.717, 1.165) is 3.57 Å². The van der Waals surface area contributed by atoms with Crippen molar-refractivity contribution >= 4 is 50.8 Å². The van der Waals surface area contributed by atoms with Crippen LogP contribution in [0.25, 0.3) is 10.9 Å². The molecule has 26 heavy (non-hydrogen) atoms. The number of aromatic amines is 1. The van der Waals surface area contributed by atoms with E-state index in [2.05, 4.69) is 37.8 Å². The summed E-state index contributed by atoms with van der Waals surface area (Å²) in [5.41, 5.74) is 0.765. The highest BCUT2D eigenvalue weighted by atomic mass is 127. The molecule has 3 rings (SSSR count). The maximum atomic E-state index is 11.8. The van der Waals surface area contributed by atoms with Gasteiger partial charge >= 0.3 is 5.91 Å². The smallest absolute Gasteiger partial charge is 0.302 e. The van der Waals surface area contributed by atoms with Gasteiger partial charge in [0.1, 0.15) is 5.75 Å². The van der Waals surface area contributed by atoms with Crippen molar-refractivity contribution in [2.24, 2.45) is 10.2 Å². The van der Waals surface area contributed by atoms with Crippen LogP contribution in [0.1, 0.15) is 0 Å². The van der Waals surface area contributed by atoms with E-state index in [1.807, 2.05) is 6.07 Å². The number of H-pyrrole nitrogens is 1. The molecule has 0 aliphatic heterocycles. The standard InChI is InChI=1S/C16H11IN4O5/c17-9-1-6-13-12(7-9)15(16(23)18-13)20-19-14(22)8-26-11-4-2-10(3-5-11)21(24)25/h1-7,18,23H,8H2. The molecule has 0 unspecified atom stereocenters. The van der Waals surface area contributed by atoms with Gasteiger partial charge in [0.25, 0.3) is 5.69 Å². The highest BCUT2D eigenvalue weighted by Crippen LogP contribution is 2.36. The summed E-state index contributed by atoms with van der Waals surface area (Å²) in [5, 5.41) is 28.5. The second kappa shape index (κ2) is 7.47. The summed E-state index contributed by atoms with van der Waals surface area (Å²) in [6, 6.07) is 10.8. The summed E-state index contributed by atoms with van der Waals surface area (Å²) >= 11 is 2.12. The average Bonchev–Trinajstić information content (AvgIpc) is 2.93. The van der Waals surface area contributed by atoms with Gasteiger partial charge in [0.2, 0.25) is 5.88 Å². The molecule has 132 valence electrons. The van der Waals surface area contributed by atoms with Crippen LogP contribution < -0.4 is 4.74 Å². The van der Waals surface area contributed by atoms with Gasteiger partial charge in [0, 0.05) is 21.1 Å². The van der Waals surface area contributed by atoms with Gasteiger partial charge in [-0.05, 0) is 52.9 Å². The van der Waals surface area contributed by atoms with Crippen molar-refractivity contribution in [3.8, 4) is 11.6 Å². The summed E-state index contributed by atoms with van der Waals surface area (Å²) in [6.45, 7) is -0.387.